The highest BCUT2D eigenvalue weighted by molar-refractivity contribution is 5.97. The van der Waals surface area contributed by atoms with Gasteiger partial charge in [0.15, 0.2) is 5.82 Å². The number of aromatic nitrogens is 2. The minimum atomic E-state index is -0.0880. The number of piperazine rings is 1. The van der Waals surface area contributed by atoms with Crippen molar-refractivity contribution < 1.29 is 9.59 Å². The van der Waals surface area contributed by atoms with E-state index in [0.717, 1.165) is 70.5 Å². The van der Waals surface area contributed by atoms with E-state index in [4.69, 9.17) is 0 Å². The molecule has 2 fully saturated rings. The molecule has 1 aromatic rings. The third-order valence-electron chi connectivity index (χ3n) is 6.51. The van der Waals surface area contributed by atoms with Crippen molar-refractivity contribution in [3.05, 3.63) is 17.2 Å². The number of hydrogen-bond acceptors (Lipinski definition) is 4. The van der Waals surface area contributed by atoms with E-state index in [1.165, 1.54) is 25.7 Å². The van der Waals surface area contributed by atoms with Crippen molar-refractivity contribution in [2.75, 3.05) is 33.2 Å². The van der Waals surface area contributed by atoms with Crippen molar-refractivity contribution in [2.45, 2.75) is 70.4 Å². The highest BCUT2D eigenvalue weighted by atomic mass is 16.2. The van der Waals surface area contributed by atoms with Crippen LogP contribution in [0.1, 0.15) is 78.2 Å². The number of carbonyl (C=O) groups is 2. The molecule has 0 unspecified atom stereocenters. The van der Waals surface area contributed by atoms with Crippen LogP contribution in [0.3, 0.4) is 0 Å². The summed E-state index contributed by atoms with van der Waals surface area (Å²) in [5.41, 5.74) is 1.44. The van der Waals surface area contributed by atoms with E-state index >= 15 is 0 Å². The van der Waals surface area contributed by atoms with E-state index in [2.05, 4.69) is 22.2 Å². The second-order valence-electron chi connectivity index (χ2n) is 8.60. The Hall–Kier alpha value is -1.89. The number of likely N-dealkylation sites (N-methyl/N-ethyl adjacent to an activating group) is 1. The fourth-order valence-corrected chi connectivity index (χ4v) is 4.72. The van der Waals surface area contributed by atoms with Gasteiger partial charge >= 0.3 is 0 Å². The molecule has 1 aliphatic carbocycles. The first-order valence-corrected chi connectivity index (χ1v) is 11.0. The Morgan fingerprint density at radius 2 is 1.64 bits per heavy atom. The Morgan fingerprint density at radius 1 is 0.929 bits per heavy atom. The third kappa shape index (κ3) is 4.09. The van der Waals surface area contributed by atoms with E-state index in [9.17, 15) is 9.59 Å². The maximum Gasteiger partial charge on any atom is 0.289 e. The van der Waals surface area contributed by atoms with Gasteiger partial charge in [-0.05, 0) is 39.2 Å². The van der Waals surface area contributed by atoms with Crippen molar-refractivity contribution in [3.63, 3.8) is 0 Å². The zero-order valence-electron chi connectivity index (χ0n) is 17.1. The van der Waals surface area contributed by atoms with Crippen LogP contribution in [0.15, 0.2) is 0 Å². The van der Waals surface area contributed by atoms with E-state index in [1.54, 1.807) is 0 Å². The van der Waals surface area contributed by atoms with Crippen LogP contribution in [-0.2, 0) is 13.0 Å². The SMILES string of the molecule is CN1CCN(C(=O)c2nc(C(=O)NC3CCCCCC3)c3n2CCCC3)CC1. The number of fused-ring (bicyclic) bond motifs is 1. The van der Waals surface area contributed by atoms with Crippen molar-refractivity contribution >= 4 is 11.8 Å². The number of carbonyl (C=O) groups excluding carboxylic acids is 2. The van der Waals surface area contributed by atoms with Crippen molar-refractivity contribution in [3.8, 4) is 0 Å². The van der Waals surface area contributed by atoms with Gasteiger partial charge in [0.2, 0.25) is 0 Å². The molecule has 28 heavy (non-hydrogen) atoms. The summed E-state index contributed by atoms with van der Waals surface area (Å²) in [6.45, 7) is 4.00. The third-order valence-corrected chi connectivity index (χ3v) is 6.51. The minimum absolute atomic E-state index is 0.0234. The van der Waals surface area contributed by atoms with Gasteiger partial charge in [0, 0.05) is 38.8 Å². The van der Waals surface area contributed by atoms with Gasteiger partial charge < -0.3 is 19.7 Å². The number of nitrogens with zero attached hydrogens (tertiary/aromatic N) is 4. The number of amides is 2. The lowest BCUT2D eigenvalue weighted by Gasteiger charge is -2.32. The van der Waals surface area contributed by atoms with Crippen molar-refractivity contribution in [2.24, 2.45) is 0 Å². The molecule has 0 bridgehead atoms. The number of nitrogens with one attached hydrogen (secondary N) is 1. The predicted molar refractivity (Wildman–Crippen MR) is 108 cm³/mol. The Kier molecular flexibility index (Phi) is 5.99. The smallest absolute Gasteiger partial charge is 0.289 e. The van der Waals surface area contributed by atoms with Crippen molar-refractivity contribution in [1.29, 1.82) is 0 Å². The van der Waals surface area contributed by atoms with E-state index < -0.39 is 0 Å². The first kappa shape index (κ1) is 19.4. The quantitative estimate of drug-likeness (QED) is 0.806. The molecule has 3 aliphatic rings. The van der Waals surface area contributed by atoms with Gasteiger partial charge in [-0.25, -0.2) is 4.98 Å². The summed E-state index contributed by atoms with van der Waals surface area (Å²) in [7, 11) is 2.08. The van der Waals surface area contributed by atoms with Gasteiger partial charge in [0.25, 0.3) is 11.8 Å². The average Bonchev–Trinajstić information content (AvgIpc) is 2.91. The lowest BCUT2D eigenvalue weighted by molar-refractivity contribution is 0.0645. The Bertz CT molecular complexity index is 713. The molecule has 0 aromatic carbocycles. The fourth-order valence-electron chi connectivity index (χ4n) is 4.72. The summed E-state index contributed by atoms with van der Waals surface area (Å²) in [6, 6.07) is 0.243. The van der Waals surface area contributed by atoms with Crippen LogP contribution in [0, 0.1) is 0 Å². The second kappa shape index (κ2) is 8.64. The van der Waals surface area contributed by atoms with Crippen molar-refractivity contribution in [1.82, 2.24) is 24.7 Å². The molecular weight excluding hydrogens is 354 g/mol. The molecule has 7 nitrogen and oxygen atoms in total. The molecular formula is C21H33N5O2. The van der Waals surface area contributed by atoms with E-state index in [-0.39, 0.29) is 17.9 Å². The number of rotatable bonds is 3. The topological polar surface area (TPSA) is 70.5 Å². The Morgan fingerprint density at radius 3 is 2.36 bits per heavy atom. The molecule has 3 heterocycles. The van der Waals surface area contributed by atoms with Gasteiger partial charge in [0.1, 0.15) is 5.69 Å². The first-order valence-electron chi connectivity index (χ1n) is 11.0. The zero-order chi connectivity index (χ0) is 19.5. The lowest BCUT2D eigenvalue weighted by Crippen LogP contribution is -2.47. The van der Waals surface area contributed by atoms with Crippen LogP contribution in [0.4, 0.5) is 0 Å². The van der Waals surface area contributed by atoms with E-state index in [1.807, 2.05) is 9.47 Å². The molecule has 154 valence electrons. The normalized spacial score (nSPS) is 21.8. The maximum atomic E-state index is 13.1. The van der Waals surface area contributed by atoms with Crippen LogP contribution in [0.5, 0.6) is 0 Å². The predicted octanol–water partition coefficient (Wildman–Crippen LogP) is 2.06. The summed E-state index contributed by atoms with van der Waals surface area (Å²) >= 11 is 0. The van der Waals surface area contributed by atoms with Gasteiger partial charge in [-0.15, -0.1) is 0 Å². The molecule has 4 rings (SSSR count). The minimum Gasteiger partial charge on any atom is -0.348 e. The Balaban J connectivity index is 1.54. The number of hydrogen-bond donors (Lipinski definition) is 1. The van der Waals surface area contributed by atoms with Gasteiger partial charge in [-0.2, -0.15) is 0 Å². The lowest BCUT2D eigenvalue weighted by atomic mass is 10.1. The maximum absolute atomic E-state index is 13.1. The first-order chi connectivity index (χ1) is 13.6. The molecule has 2 amide bonds. The molecule has 1 saturated carbocycles. The molecule has 0 atom stereocenters. The van der Waals surface area contributed by atoms with E-state index in [0.29, 0.717) is 11.5 Å². The average molecular weight is 388 g/mol. The molecule has 1 N–H and O–H groups in total. The molecule has 7 heteroatoms. The largest absolute Gasteiger partial charge is 0.348 e. The fraction of sp³-hybridized carbons (Fsp3) is 0.762. The molecule has 1 saturated heterocycles. The summed E-state index contributed by atoms with van der Waals surface area (Å²) < 4.78 is 2.02. The van der Waals surface area contributed by atoms with Gasteiger partial charge in [-0.3, -0.25) is 9.59 Å². The van der Waals surface area contributed by atoms with Crippen LogP contribution < -0.4 is 5.32 Å². The number of imidazole rings is 1. The van der Waals surface area contributed by atoms with Crippen LogP contribution in [0.2, 0.25) is 0 Å². The summed E-state index contributed by atoms with van der Waals surface area (Å²) in [5, 5.41) is 3.22. The highest BCUT2D eigenvalue weighted by Crippen LogP contribution is 2.23. The molecule has 0 radical (unpaired) electrons. The molecule has 1 aromatic heterocycles. The zero-order valence-corrected chi connectivity index (χ0v) is 17.1. The van der Waals surface area contributed by atoms with Gasteiger partial charge in [-0.1, -0.05) is 25.7 Å². The summed E-state index contributed by atoms with van der Waals surface area (Å²) in [6.07, 6.45) is 9.90. The van der Waals surface area contributed by atoms with Crippen LogP contribution >= 0.6 is 0 Å². The standard InChI is InChI=1S/C21H33N5O2/c1-24-12-14-25(15-13-24)21(28)19-23-18(17-10-6-7-11-26(17)19)20(27)22-16-8-4-2-3-5-9-16/h16H,2-15H2,1H3,(H,22,27). The van der Waals surface area contributed by atoms with Crippen LogP contribution in [0.25, 0.3) is 0 Å². The molecule has 0 spiro atoms. The summed E-state index contributed by atoms with van der Waals surface area (Å²) in [5.74, 6) is 0.352. The van der Waals surface area contributed by atoms with Gasteiger partial charge in [0.05, 0.1) is 5.69 Å². The summed E-state index contributed by atoms with van der Waals surface area (Å²) in [4.78, 5) is 34.9. The highest BCUT2D eigenvalue weighted by Gasteiger charge is 2.31. The Labute approximate surface area is 167 Å². The molecule has 2 aliphatic heterocycles. The van der Waals surface area contributed by atoms with Crippen LogP contribution in [-0.4, -0.2) is 70.4 Å². The second-order valence-corrected chi connectivity index (χ2v) is 8.60. The monoisotopic (exact) mass is 387 g/mol.